The zero-order valence-corrected chi connectivity index (χ0v) is 25.2. The van der Waals surface area contributed by atoms with Crippen molar-refractivity contribution in [1.82, 2.24) is 39.0 Å². The fourth-order valence-electron chi connectivity index (χ4n) is 5.53. The number of aromatic amines is 1. The summed E-state index contributed by atoms with van der Waals surface area (Å²) >= 11 is 0. The number of methoxy groups -OCH3 is 1. The minimum atomic E-state index is -5.08. The lowest BCUT2D eigenvalue weighted by Gasteiger charge is -2.26. The third-order valence-corrected chi connectivity index (χ3v) is 9.54. The first-order valence-electron chi connectivity index (χ1n) is 13.3. The van der Waals surface area contributed by atoms with Crippen LogP contribution in [-0.4, -0.2) is 111 Å². The third-order valence-electron chi connectivity index (χ3n) is 7.57. The van der Waals surface area contributed by atoms with Gasteiger partial charge in [-0.25, -0.2) is 29.1 Å². The molecule has 4 aromatic heterocycles. The summed E-state index contributed by atoms with van der Waals surface area (Å²) in [6, 6.07) is 0. The van der Waals surface area contributed by atoms with Crippen molar-refractivity contribution >= 4 is 49.7 Å². The van der Waals surface area contributed by atoms with Crippen molar-refractivity contribution in [2.75, 3.05) is 31.8 Å². The molecule has 0 spiro atoms. The molecule has 248 valence electrons. The number of nitrogens with two attached hydrogens (primary N) is 2. The van der Waals surface area contributed by atoms with Crippen LogP contribution in [0.1, 0.15) is 12.5 Å². The molecule has 3 aliphatic rings. The Balaban J connectivity index is 1.22. The highest BCUT2D eigenvalue weighted by atomic mass is 31.2. The summed E-state index contributed by atoms with van der Waals surface area (Å²) in [6.07, 6.45) is -7.79. The number of nitrogens with zero attached hydrogens (tertiary/aromatic N) is 7. The highest BCUT2D eigenvalue weighted by molar-refractivity contribution is 7.47. The molecule has 3 fully saturated rings. The van der Waals surface area contributed by atoms with Crippen LogP contribution in [0.5, 0.6) is 0 Å². The van der Waals surface area contributed by atoms with Crippen molar-refractivity contribution in [2.45, 2.75) is 49.1 Å². The first kappa shape index (κ1) is 31.2. The minimum absolute atomic E-state index is 0.0802. The van der Waals surface area contributed by atoms with Gasteiger partial charge in [-0.3, -0.25) is 37.0 Å². The van der Waals surface area contributed by atoms with Crippen LogP contribution in [0.3, 0.4) is 0 Å². The number of hydrogen-bond acceptors (Lipinski definition) is 18. The van der Waals surface area contributed by atoms with E-state index < -0.39 is 83.5 Å². The molecule has 0 saturated carbocycles. The monoisotopic (exact) mass is 688 g/mol. The molecule has 4 unspecified atom stereocenters. The second kappa shape index (κ2) is 11.4. The number of aromatic nitrogens is 8. The van der Waals surface area contributed by atoms with Crippen molar-refractivity contribution in [2.24, 2.45) is 0 Å². The minimum Gasteiger partial charge on any atom is -0.387 e. The van der Waals surface area contributed by atoms with E-state index in [2.05, 4.69) is 29.9 Å². The predicted molar refractivity (Wildman–Crippen MR) is 148 cm³/mol. The number of aliphatic hydroxyl groups is 1. The summed E-state index contributed by atoms with van der Waals surface area (Å²) in [5.41, 5.74) is 11.1. The standard InChI is InChI=1S/C21H26N10O13P2/c1-38-14-12-8(42-20(14)30-5-26-9-15(22)24-4-25-16(9)30)3-40-46(36,37)44-13-11(32)7(2-39-45(34,35)43-12)41-19(13)31-6-27-10-17(31)28-21(23)29-18(10)33/h4-8,11-14,19-20,32H,2-3H2,1H3,(H,34,35)(H,36,37)(H2,22,24,25)(H3,23,28,29,33)/t7-,8-,11?,12+,13+,14?,19-,20-/m1/s1. The average Bonchev–Trinajstić information content (AvgIpc) is 3.75. The SMILES string of the molecule is COC1[C@H]2OP(=O)(O)OC[C@H]3O[C@@H](n4cnc5c(=O)[nH]c(N)nc54)[C@@H](OP(=O)(O)OC[C@H]2O[C@H]1n1cnc2c(N)ncnc21)C3O. The van der Waals surface area contributed by atoms with E-state index in [0.717, 1.165) is 10.9 Å². The number of H-pyrrole nitrogens is 1. The zero-order valence-electron chi connectivity index (χ0n) is 23.4. The Hall–Kier alpha value is -3.44. The van der Waals surface area contributed by atoms with Gasteiger partial charge >= 0.3 is 15.6 Å². The zero-order chi connectivity index (χ0) is 32.5. The summed E-state index contributed by atoms with van der Waals surface area (Å²) in [5, 5.41) is 11.1. The Morgan fingerprint density at radius 2 is 1.54 bits per heavy atom. The van der Waals surface area contributed by atoms with Gasteiger partial charge in [0, 0.05) is 7.11 Å². The first-order valence-corrected chi connectivity index (χ1v) is 16.3. The molecule has 10 atom stereocenters. The Kier molecular flexibility index (Phi) is 7.70. The summed E-state index contributed by atoms with van der Waals surface area (Å²) < 4.78 is 67.8. The number of imidazole rings is 2. The molecule has 3 saturated heterocycles. The molecule has 23 nitrogen and oxygen atoms in total. The van der Waals surface area contributed by atoms with E-state index >= 15 is 0 Å². The second-order valence-electron chi connectivity index (χ2n) is 10.3. The molecular formula is C21H26N10O13P2. The Morgan fingerprint density at radius 3 is 2.26 bits per heavy atom. The summed E-state index contributed by atoms with van der Waals surface area (Å²) in [7, 11) is -8.80. The molecule has 7 rings (SSSR count). The lowest BCUT2D eigenvalue weighted by atomic mass is 10.1. The van der Waals surface area contributed by atoms with Crippen LogP contribution >= 0.6 is 15.6 Å². The van der Waals surface area contributed by atoms with Crippen molar-refractivity contribution < 1.29 is 56.3 Å². The highest BCUT2D eigenvalue weighted by Crippen LogP contribution is 2.54. The number of rotatable bonds is 3. The van der Waals surface area contributed by atoms with Gasteiger partial charge in [-0.1, -0.05) is 0 Å². The number of aliphatic hydroxyl groups excluding tert-OH is 1. The fourth-order valence-corrected chi connectivity index (χ4v) is 7.42. The van der Waals surface area contributed by atoms with E-state index in [0.29, 0.717) is 0 Å². The molecule has 25 heteroatoms. The number of nitrogens with one attached hydrogen (secondary N) is 1. The molecule has 4 aromatic rings. The average molecular weight is 688 g/mol. The summed E-state index contributed by atoms with van der Waals surface area (Å²) in [5.74, 6) is -0.193. The molecule has 0 radical (unpaired) electrons. The quantitative estimate of drug-likeness (QED) is 0.131. The van der Waals surface area contributed by atoms with Crippen LogP contribution in [-0.2, 0) is 41.4 Å². The van der Waals surface area contributed by atoms with Gasteiger partial charge in [0.2, 0.25) is 5.95 Å². The van der Waals surface area contributed by atoms with Gasteiger partial charge in [-0.05, 0) is 0 Å². The Morgan fingerprint density at radius 1 is 0.913 bits per heavy atom. The maximum Gasteiger partial charge on any atom is 0.472 e. The third kappa shape index (κ3) is 5.39. The molecule has 3 aliphatic heterocycles. The van der Waals surface area contributed by atoms with E-state index in [9.17, 15) is 28.8 Å². The van der Waals surface area contributed by atoms with E-state index in [-0.39, 0.29) is 34.1 Å². The maximum atomic E-state index is 13.3. The van der Waals surface area contributed by atoms with E-state index in [1.165, 1.54) is 24.3 Å². The molecule has 0 aliphatic carbocycles. The number of phosphoric ester groups is 2. The molecule has 0 aromatic carbocycles. The van der Waals surface area contributed by atoms with E-state index in [1.54, 1.807) is 0 Å². The van der Waals surface area contributed by atoms with Crippen molar-refractivity contribution in [1.29, 1.82) is 0 Å². The fraction of sp³-hybridized carbons (Fsp3) is 0.524. The van der Waals surface area contributed by atoms with E-state index in [1.807, 2.05) is 0 Å². The second-order valence-corrected chi connectivity index (χ2v) is 13.2. The summed E-state index contributed by atoms with van der Waals surface area (Å²) in [4.78, 5) is 56.3. The molecule has 2 bridgehead atoms. The Bertz CT molecular complexity index is 1950. The number of nitrogen functional groups attached to an aromatic ring is 2. The van der Waals surface area contributed by atoms with Gasteiger partial charge < -0.3 is 40.6 Å². The molecule has 0 amide bonds. The number of hydrogen-bond donors (Lipinski definition) is 6. The maximum absolute atomic E-state index is 13.3. The number of ether oxygens (including phenoxy) is 3. The molecule has 8 N–H and O–H groups in total. The van der Waals surface area contributed by atoms with Gasteiger partial charge in [0.1, 0.15) is 48.5 Å². The molecule has 46 heavy (non-hydrogen) atoms. The largest absolute Gasteiger partial charge is 0.472 e. The lowest BCUT2D eigenvalue weighted by molar-refractivity contribution is -0.0675. The predicted octanol–water partition coefficient (Wildman–Crippen LogP) is -1.69. The van der Waals surface area contributed by atoms with Gasteiger partial charge in [0.25, 0.3) is 5.56 Å². The van der Waals surface area contributed by atoms with Gasteiger partial charge in [-0.2, -0.15) is 4.98 Å². The topological polar surface area (TPSA) is 319 Å². The summed E-state index contributed by atoms with van der Waals surface area (Å²) in [6.45, 7) is -1.52. The van der Waals surface area contributed by atoms with Crippen LogP contribution in [0.15, 0.2) is 23.8 Å². The van der Waals surface area contributed by atoms with Gasteiger partial charge in [-0.15, -0.1) is 0 Å². The van der Waals surface area contributed by atoms with E-state index in [4.69, 9.17) is 43.8 Å². The lowest BCUT2D eigenvalue weighted by Crippen LogP contribution is -2.37. The van der Waals surface area contributed by atoms with Crippen LogP contribution in [0.2, 0.25) is 0 Å². The first-order chi connectivity index (χ1) is 21.9. The highest BCUT2D eigenvalue weighted by Gasteiger charge is 2.54. The van der Waals surface area contributed by atoms with Crippen molar-refractivity contribution in [3.05, 3.63) is 29.3 Å². The van der Waals surface area contributed by atoms with Crippen molar-refractivity contribution in [3.8, 4) is 0 Å². The number of fused-ring (bicyclic) bond motifs is 5. The molecule has 7 heterocycles. The van der Waals surface area contributed by atoms with Gasteiger partial charge in [0.15, 0.2) is 35.1 Å². The smallest absolute Gasteiger partial charge is 0.387 e. The number of anilines is 2. The van der Waals surface area contributed by atoms with Gasteiger partial charge in [0.05, 0.1) is 25.9 Å². The van der Waals surface area contributed by atoms with Crippen LogP contribution in [0, 0.1) is 0 Å². The Labute approximate surface area is 255 Å². The normalized spacial score (nSPS) is 37.1. The number of phosphoric acid groups is 2. The van der Waals surface area contributed by atoms with Crippen LogP contribution in [0.25, 0.3) is 22.3 Å². The molecular weight excluding hydrogens is 662 g/mol. The van der Waals surface area contributed by atoms with Crippen molar-refractivity contribution in [3.63, 3.8) is 0 Å². The van der Waals surface area contributed by atoms with Crippen LogP contribution in [0.4, 0.5) is 11.8 Å². The van der Waals surface area contributed by atoms with Crippen LogP contribution < -0.4 is 17.0 Å².